The van der Waals surface area contributed by atoms with Crippen LogP contribution in [-0.2, 0) is 17.9 Å². The van der Waals surface area contributed by atoms with Crippen LogP contribution in [0.3, 0.4) is 0 Å². The minimum atomic E-state index is 0.0202. The quantitative estimate of drug-likeness (QED) is 0.327. The third kappa shape index (κ3) is 4.88. The number of carbonyl (C=O) groups excluding carboxylic acids is 1. The maximum atomic E-state index is 13.7. The van der Waals surface area contributed by atoms with E-state index in [0.29, 0.717) is 13.2 Å². The molecule has 1 aromatic heterocycles. The Kier molecular flexibility index (Phi) is 6.81. The van der Waals surface area contributed by atoms with Gasteiger partial charge < -0.3 is 18.9 Å². The number of aromatic nitrogens is 1. The lowest BCUT2D eigenvalue weighted by molar-refractivity contribution is -0.133. The summed E-state index contributed by atoms with van der Waals surface area (Å²) in [5.74, 6) is 1.89. The first-order valence-electron chi connectivity index (χ1n) is 13.6. The lowest BCUT2D eigenvalue weighted by Crippen LogP contribution is -2.48. The van der Waals surface area contributed by atoms with E-state index < -0.39 is 0 Å². The predicted octanol–water partition coefficient (Wildman–Crippen LogP) is 5.56. The van der Waals surface area contributed by atoms with Crippen molar-refractivity contribution in [2.45, 2.75) is 39.3 Å². The molecule has 2 aliphatic heterocycles. The van der Waals surface area contributed by atoms with Crippen LogP contribution < -0.4 is 9.47 Å². The largest absolute Gasteiger partial charge is 0.454 e. The SMILES string of the molecule is CCn1cc(C(CC(=O)N2CCN(Cc3ccc4c(c3)OCO4)CC2)c2cccc(C)c2)c2ccccc21. The van der Waals surface area contributed by atoms with Crippen molar-refractivity contribution in [3.63, 3.8) is 0 Å². The number of piperazine rings is 1. The molecule has 3 aromatic carbocycles. The molecule has 0 N–H and O–H groups in total. The van der Waals surface area contributed by atoms with Crippen LogP contribution in [0.15, 0.2) is 72.9 Å². The Labute approximate surface area is 224 Å². The minimum Gasteiger partial charge on any atom is -0.454 e. The fraction of sp³-hybridized carbons (Fsp3) is 0.344. The Balaban J connectivity index is 1.18. The summed E-state index contributed by atoms with van der Waals surface area (Å²) in [7, 11) is 0. The van der Waals surface area contributed by atoms with Crippen LogP contribution in [0.1, 0.15) is 41.5 Å². The summed E-state index contributed by atoms with van der Waals surface area (Å²) >= 11 is 0. The Morgan fingerprint density at radius 2 is 1.74 bits per heavy atom. The summed E-state index contributed by atoms with van der Waals surface area (Å²) in [6.07, 6.45) is 2.73. The van der Waals surface area contributed by atoms with Crippen molar-refractivity contribution in [2.24, 2.45) is 0 Å². The number of para-hydroxylation sites is 1. The molecular weight excluding hydrogens is 474 g/mol. The van der Waals surface area contributed by atoms with Crippen molar-refractivity contribution in [3.05, 3.63) is 95.2 Å². The number of aryl methyl sites for hydroxylation is 2. The van der Waals surface area contributed by atoms with Gasteiger partial charge in [0.1, 0.15) is 0 Å². The highest BCUT2D eigenvalue weighted by atomic mass is 16.7. The number of carbonyl (C=O) groups is 1. The van der Waals surface area contributed by atoms with E-state index in [1.807, 2.05) is 6.07 Å². The molecule has 3 heterocycles. The van der Waals surface area contributed by atoms with Gasteiger partial charge >= 0.3 is 0 Å². The van der Waals surface area contributed by atoms with Crippen LogP contribution >= 0.6 is 0 Å². The lowest BCUT2D eigenvalue weighted by atomic mass is 9.87. The van der Waals surface area contributed by atoms with Crippen LogP contribution in [-0.4, -0.2) is 53.2 Å². The maximum absolute atomic E-state index is 13.7. The molecule has 2 aliphatic rings. The molecule has 1 amide bonds. The first-order valence-corrected chi connectivity index (χ1v) is 13.6. The fourth-order valence-electron chi connectivity index (χ4n) is 5.87. The van der Waals surface area contributed by atoms with Gasteiger partial charge in [0, 0.05) is 68.7 Å². The van der Waals surface area contributed by atoms with Gasteiger partial charge in [0.05, 0.1) is 0 Å². The monoisotopic (exact) mass is 509 g/mol. The first kappa shape index (κ1) is 24.6. The van der Waals surface area contributed by atoms with Crippen molar-refractivity contribution < 1.29 is 14.3 Å². The van der Waals surface area contributed by atoms with E-state index in [4.69, 9.17) is 9.47 Å². The Morgan fingerprint density at radius 1 is 0.921 bits per heavy atom. The third-order valence-electron chi connectivity index (χ3n) is 7.93. The summed E-state index contributed by atoms with van der Waals surface area (Å²) in [4.78, 5) is 18.2. The standard InChI is InChI=1S/C32H35N3O3/c1-3-34-21-28(26-9-4-5-10-29(26)34)27(25-8-6-7-23(2)17-25)19-32(36)35-15-13-33(14-16-35)20-24-11-12-30-31(18-24)38-22-37-30/h4-12,17-18,21,27H,3,13-16,19-20,22H2,1-2H3. The van der Waals surface area contributed by atoms with E-state index >= 15 is 0 Å². The van der Waals surface area contributed by atoms with E-state index in [9.17, 15) is 4.79 Å². The zero-order chi connectivity index (χ0) is 26.1. The molecule has 1 unspecified atom stereocenters. The van der Waals surface area contributed by atoms with Crippen LogP contribution in [0.5, 0.6) is 11.5 Å². The van der Waals surface area contributed by atoms with Crippen molar-refractivity contribution in [2.75, 3.05) is 33.0 Å². The molecule has 0 saturated carbocycles. The number of fused-ring (bicyclic) bond motifs is 2. The Bertz CT molecular complexity index is 1450. The molecule has 1 fully saturated rings. The highest BCUT2D eigenvalue weighted by molar-refractivity contribution is 5.86. The number of ether oxygens (including phenoxy) is 2. The second-order valence-electron chi connectivity index (χ2n) is 10.4. The number of nitrogens with zero attached hydrogens (tertiary/aromatic N) is 3. The lowest BCUT2D eigenvalue weighted by Gasteiger charge is -2.35. The second kappa shape index (κ2) is 10.5. The van der Waals surface area contributed by atoms with Gasteiger partial charge in [-0.1, -0.05) is 54.1 Å². The van der Waals surface area contributed by atoms with Crippen LogP contribution in [0.4, 0.5) is 0 Å². The van der Waals surface area contributed by atoms with Gasteiger partial charge in [-0.25, -0.2) is 0 Å². The van der Waals surface area contributed by atoms with Gasteiger partial charge in [0.2, 0.25) is 12.7 Å². The van der Waals surface area contributed by atoms with Gasteiger partial charge in [-0.2, -0.15) is 0 Å². The van der Waals surface area contributed by atoms with Crippen molar-refractivity contribution in [1.29, 1.82) is 0 Å². The third-order valence-corrected chi connectivity index (χ3v) is 7.93. The van der Waals surface area contributed by atoms with Gasteiger partial charge in [0.25, 0.3) is 0 Å². The maximum Gasteiger partial charge on any atom is 0.231 e. The number of hydrogen-bond donors (Lipinski definition) is 0. The molecule has 1 atom stereocenters. The normalized spacial score (nSPS) is 16.2. The molecular formula is C32H35N3O3. The minimum absolute atomic E-state index is 0.0202. The molecule has 6 nitrogen and oxygen atoms in total. The van der Waals surface area contributed by atoms with Crippen molar-refractivity contribution in [3.8, 4) is 11.5 Å². The molecule has 0 radical (unpaired) electrons. The zero-order valence-electron chi connectivity index (χ0n) is 22.2. The molecule has 0 spiro atoms. The summed E-state index contributed by atoms with van der Waals surface area (Å²) in [6.45, 7) is 9.57. The van der Waals surface area contributed by atoms with Gasteiger partial charge in [-0.05, 0) is 48.7 Å². The van der Waals surface area contributed by atoms with E-state index in [0.717, 1.165) is 50.8 Å². The summed E-state index contributed by atoms with van der Waals surface area (Å²) < 4.78 is 13.3. The zero-order valence-corrected chi connectivity index (χ0v) is 22.2. The number of rotatable bonds is 7. The Hall–Kier alpha value is -3.77. The first-order chi connectivity index (χ1) is 18.6. The average molecular weight is 510 g/mol. The summed E-state index contributed by atoms with van der Waals surface area (Å²) in [5, 5.41) is 1.24. The van der Waals surface area contributed by atoms with E-state index in [1.54, 1.807) is 0 Å². The van der Waals surface area contributed by atoms with Crippen molar-refractivity contribution in [1.82, 2.24) is 14.4 Å². The van der Waals surface area contributed by atoms with Crippen molar-refractivity contribution >= 4 is 16.8 Å². The fourth-order valence-corrected chi connectivity index (χ4v) is 5.87. The molecule has 6 rings (SSSR count). The van der Waals surface area contributed by atoms with E-state index in [2.05, 4.69) is 95.1 Å². The summed E-state index contributed by atoms with van der Waals surface area (Å²) in [5.41, 5.74) is 6.10. The van der Waals surface area contributed by atoms with Crippen LogP contribution in [0, 0.1) is 6.92 Å². The molecule has 0 aliphatic carbocycles. The topological polar surface area (TPSA) is 46.9 Å². The highest BCUT2D eigenvalue weighted by Gasteiger charge is 2.27. The Morgan fingerprint density at radius 3 is 2.55 bits per heavy atom. The number of amides is 1. The second-order valence-corrected chi connectivity index (χ2v) is 10.4. The molecule has 38 heavy (non-hydrogen) atoms. The number of hydrogen-bond acceptors (Lipinski definition) is 4. The molecule has 6 heteroatoms. The highest BCUT2D eigenvalue weighted by Crippen LogP contribution is 2.36. The van der Waals surface area contributed by atoms with Gasteiger partial charge in [0.15, 0.2) is 11.5 Å². The smallest absolute Gasteiger partial charge is 0.231 e. The van der Waals surface area contributed by atoms with E-state index in [1.165, 1.54) is 33.2 Å². The molecule has 1 saturated heterocycles. The van der Waals surface area contributed by atoms with Crippen LogP contribution in [0.25, 0.3) is 10.9 Å². The van der Waals surface area contributed by atoms with Gasteiger partial charge in [-0.15, -0.1) is 0 Å². The predicted molar refractivity (Wildman–Crippen MR) is 150 cm³/mol. The molecule has 0 bridgehead atoms. The van der Waals surface area contributed by atoms with E-state index in [-0.39, 0.29) is 11.8 Å². The van der Waals surface area contributed by atoms with Gasteiger partial charge in [-0.3, -0.25) is 9.69 Å². The average Bonchev–Trinajstić information content (AvgIpc) is 3.56. The molecule has 196 valence electrons. The molecule has 4 aromatic rings. The number of benzene rings is 3. The van der Waals surface area contributed by atoms with Crippen LogP contribution in [0.2, 0.25) is 0 Å². The summed E-state index contributed by atoms with van der Waals surface area (Å²) in [6, 6.07) is 23.4.